The lowest BCUT2D eigenvalue weighted by Gasteiger charge is -2.37. The summed E-state index contributed by atoms with van der Waals surface area (Å²) in [6.07, 6.45) is 3.21. The number of anilines is 2. The number of ether oxygens (including phenoxy) is 3. The van der Waals surface area contributed by atoms with Crippen LogP contribution in [0.1, 0.15) is 74.1 Å². The number of fused-ring (bicyclic) bond motifs is 1. The number of hydrogen-bond donors (Lipinski definition) is 1. The molecule has 2 aromatic heterocycles. The van der Waals surface area contributed by atoms with Crippen molar-refractivity contribution in [2.24, 2.45) is 5.92 Å². The van der Waals surface area contributed by atoms with Gasteiger partial charge in [-0.05, 0) is 74.1 Å². The van der Waals surface area contributed by atoms with Gasteiger partial charge in [0.1, 0.15) is 24.1 Å². The highest BCUT2D eigenvalue weighted by atomic mass is 32.1. The van der Waals surface area contributed by atoms with Gasteiger partial charge in [0.25, 0.3) is 11.8 Å². The number of rotatable bonds is 16. The molecule has 1 saturated heterocycles. The largest absolute Gasteiger partial charge is 0.460 e. The minimum absolute atomic E-state index is 0.0648. The molecule has 2 aliphatic heterocycles. The van der Waals surface area contributed by atoms with Crippen molar-refractivity contribution < 1.29 is 33.4 Å². The lowest BCUT2D eigenvalue weighted by Crippen LogP contribution is -2.49. The van der Waals surface area contributed by atoms with Crippen molar-refractivity contribution in [3.63, 3.8) is 0 Å². The zero-order valence-electron chi connectivity index (χ0n) is 35.9. The number of thiazole rings is 1. The van der Waals surface area contributed by atoms with Gasteiger partial charge >= 0.3 is 11.9 Å². The number of pyridine rings is 1. The second-order valence-electron chi connectivity index (χ2n) is 17.1. The maximum atomic E-state index is 14.0. The summed E-state index contributed by atoms with van der Waals surface area (Å²) >= 11 is 1.33. The lowest BCUT2D eigenvalue weighted by molar-refractivity contribution is -0.183. The highest BCUT2D eigenvalue weighted by Crippen LogP contribution is 2.35. The molecular formula is C48H54N6O7S. The van der Waals surface area contributed by atoms with Gasteiger partial charge in [0.2, 0.25) is 0 Å². The Balaban J connectivity index is 0.926. The molecule has 1 N–H and O–H groups in total. The Bertz CT molecular complexity index is 2310. The number of aromatic nitrogens is 2. The minimum atomic E-state index is -1.51. The van der Waals surface area contributed by atoms with Crippen molar-refractivity contribution in [3.05, 3.63) is 131 Å². The van der Waals surface area contributed by atoms with Crippen LogP contribution in [0.2, 0.25) is 0 Å². The van der Waals surface area contributed by atoms with Crippen LogP contribution in [0.25, 0.3) is 11.1 Å². The summed E-state index contributed by atoms with van der Waals surface area (Å²) in [7, 11) is 0. The van der Waals surface area contributed by atoms with Gasteiger partial charge < -0.3 is 24.0 Å². The molecule has 5 aromatic rings. The third-order valence-electron chi connectivity index (χ3n) is 10.9. The van der Waals surface area contributed by atoms with Crippen LogP contribution in [0.15, 0.2) is 109 Å². The summed E-state index contributed by atoms with van der Waals surface area (Å²) in [5.41, 5.74) is 2.54. The maximum absolute atomic E-state index is 14.0. The van der Waals surface area contributed by atoms with Crippen LogP contribution < -0.4 is 10.2 Å². The zero-order valence-corrected chi connectivity index (χ0v) is 36.7. The van der Waals surface area contributed by atoms with E-state index in [0.29, 0.717) is 17.2 Å². The van der Waals surface area contributed by atoms with E-state index in [2.05, 4.69) is 27.0 Å². The number of carbonyl (C=O) groups is 4. The van der Waals surface area contributed by atoms with Crippen LogP contribution in [-0.4, -0.2) is 94.1 Å². The van der Waals surface area contributed by atoms with Gasteiger partial charge in [0.05, 0.1) is 13.0 Å². The van der Waals surface area contributed by atoms with E-state index in [9.17, 15) is 19.2 Å². The van der Waals surface area contributed by atoms with E-state index in [4.69, 9.17) is 19.2 Å². The topological polar surface area (TPSA) is 144 Å². The molecular weight excluding hydrogens is 805 g/mol. The van der Waals surface area contributed by atoms with Crippen LogP contribution in [0.4, 0.5) is 10.9 Å². The second kappa shape index (κ2) is 19.4. The van der Waals surface area contributed by atoms with Crippen LogP contribution in [-0.2, 0) is 41.7 Å². The zero-order chi connectivity index (χ0) is 43.9. The lowest BCUT2D eigenvalue weighted by atomic mass is 10.0. The molecule has 324 valence electrons. The van der Waals surface area contributed by atoms with Crippen LogP contribution in [0.3, 0.4) is 0 Å². The average molecular weight is 859 g/mol. The SMILES string of the molecule is C[C@H](COC(C)(CC(=O)OC(C)(C)C)C(=O)OCc1ccccc1)CN1CCN(c2ccc(-c3ccc4c(c3)C(=O)N(C(C(=O)Nc3nccs3)c3ccccc3)C4)cn2)CC1. The van der Waals surface area contributed by atoms with Gasteiger partial charge in [0.15, 0.2) is 10.7 Å². The van der Waals surface area contributed by atoms with E-state index in [-0.39, 0.29) is 37.4 Å². The molecule has 2 amide bonds. The van der Waals surface area contributed by atoms with Crippen molar-refractivity contribution in [2.75, 3.05) is 49.5 Å². The number of piperazine rings is 1. The molecule has 0 spiro atoms. The fraction of sp³-hybridized carbons (Fsp3) is 0.375. The highest BCUT2D eigenvalue weighted by Gasteiger charge is 2.41. The number of benzene rings is 3. The third kappa shape index (κ3) is 11.1. The predicted molar refractivity (Wildman–Crippen MR) is 238 cm³/mol. The quantitative estimate of drug-likeness (QED) is 0.0983. The molecule has 4 heterocycles. The monoisotopic (exact) mass is 858 g/mol. The molecule has 7 rings (SSSR count). The van der Waals surface area contributed by atoms with E-state index in [1.807, 2.05) is 97.2 Å². The number of nitrogens with zero attached hydrogens (tertiary/aromatic N) is 5. The van der Waals surface area contributed by atoms with Crippen molar-refractivity contribution >= 4 is 46.0 Å². The van der Waals surface area contributed by atoms with E-state index >= 15 is 0 Å². The van der Waals surface area contributed by atoms with Gasteiger partial charge in [-0.15, -0.1) is 11.3 Å². The van der Waals surface area contributed by atoms with Gasteiger partial charge in [-0.3, -0.25) is 24.6 Å². The fourth-order valence-electron chi connectivity index (χ4n) is 7.71. The number of hydrogen-bond acceptors (Lipinski definition) is 12. The third-order valence-corrected chi connectivity index (χ3v) is 11.5. The molecule has 2 unspecified atom stereocenters. The molecule has 0 radical (unpaired) electrons. The Morgan fingerprint density at radius 1 is 0.871 bits per heavy atom. The number of carbonyl (C=O) groups excluding carboxylic acids is 4. The maximum Gasteiger partial charge on any atom is 0.339 e. The van der Waals surface area contributed by atoms with E-state index in [1.165, 1.54) is 11.3 Å². The first-order chi connectivity index (χ1) is 29.7. The standard InChI is InChI=1S/C48H54N6O7S/c1-33(31-60-48(5,27-41(55)61-47(2,3)4)45(58)59-32-34-12-8-6-9-13-34)29-52-21-23-53(24-22-52)40-19-18-37(28-50-40)36-16-17-38-30-54(44(57)39(38)26-36)42(35-14-10-7-11-15-35)43(56)51-46-49-20-25-62-46/h6-20,25-26,28,33,42H,21-24,27,29-32H2,1-5H3,(H,49,51,56)/t33-,42?,48?/m0/s1. The molecule has 13 nitrogen and oxygen atoms in total. The number of nitrogens with one attached hydrogen (secondary N) is 1. The van der Waals surface area contributed by atoms with Crippen LogP contribution in [0.5, 0.6) is 0 Å². The number of esters is 2. The van der Waals surface area contributed by atoms with Crippen molar-refractivity contribution in [1.82, 2.24) is 19.8 Å². The molecule has 2 aliphatic rings. The Morgan fingerprint density at radius 2 is 1.58 bits per heavy atom. The molecule has 0 aliphatic carbocycles. The highest BCUT2D eigenvalue weighted by molar-refractivity contribution is 7.13. The normalized spacial score (nSPS) is 16.2. The van der Waals surface area contributed by atoms with Gasteiger partial charge in [0, 0.05) is 68.2 Å². The Kier molecular flexibility index (Phi) is 13.8. The minimum Gasteiger partial charge on any atom is -0.460 e. The molecule has 1 fully saturated rings. The Labute approximate surface area is 367 Å². The van der Waals surface area contributed by atoms with Crippen molar-refractivity contribution in [1.29, 1.82) is 0 Å². The second-order valence-corrected chi connectivity index (χ2v) is 18.0. The molecule has 14 heteroatoms. The molecule has 0 saturated carbocycles. The first-order valence-electron chi connectivity index (χ1n) is 20.9. The van der Waals surface area contributed by atoms with E-state index in [0.717, 1.165) is 66.4 Å². The fourth-order valence-corrected chi connectivity index (χ4v) is 8.24. The summed E-state index contributed by atoms with van der Waals surface area (Å²) in [5, 5.41) is 5.16. The molecule has 62 heavy (non-hydrogen) atoms. The molecule has 3 aromatic carbocycles. The summed E-state index contributed by atoms with van der Waals surface area (Å²) in [4.78, 5) is 69.2. The summed E-state index contributed by atoms with van der Waals surface area (Å²) in [5.74, 6) is -0.717. The van der Waals surface area contributed by atoms with Crippen molar-refractivity contribution in [2.45, 2.75) is 71.4 Å². The van der Waals surface area contributed by atoms with Gasteiger partial charge in [-0.25, -0.2) is 14.8 Å². The first-order valence-corrected chi connectivity index (χ1v) is 21.8. The summed E-state index contributed by atoms with van der Waals surface area (Å²) in [6.45, 7) is 13.6. The first kappa shape index (κ1) is 44.1. The Hall–Kier alpha value is -5.96. The van der Waals surface area contributed by atoms with Crippen LogP contribution >= 0.6 is 11.3 Å². The number of amides is 2. The van der Waals surface area contributed by atoms with Crippen molar-refractivity contribution in [3.8, 4) is 11.1 Å². The smallest absolute Gasteiger partial charge is 0.339 e. The Morgan fingerprint density at radius 3 is 2.24 bits per heavy atom. The average Bonchev–Trinajstić information content (AvgIpc) is 3.89. The van der Waals surface area contributed by atoms with E-state index in [1.54, 1.807) is 44.2 Å². The van der Waals surface area contributed by atoms with E-state index < -0.39 is 29.2 Å². The summed E-state index contributed by atoms with van der Waals surface area (Å²) in [6, 6.07) is 27.8. The van der Waals surface area contributed by atoms with Gasteiger partial charge in [-0.1, -0.05) is 79.7 Å². The van der Waals surface area contributed by atoms with Crippen LogP contribution in [0, 0.1) is 5.92 Å². The predicted octanol–water partition coefficient (Wildman–Crippen LogP) is 7.55. The molecule has 3 atom stereocenters. The van der Waals surface area contributed by atoms with Gasteiger partial charge in [-0.2, -0.15) is 0 Å². The summed E-state index contributed by atoms with van der Waals surface area (Å²) < 4.78 is 17.4. The molecule has 0 bridgehead atoms.